The van der Waals surface area contributed by atoms with Gasteiger partial charge in [-0.1, -0.05) is 24.3 Å². The van der Waals surface area contributed by atoms with E-state index in [0.717, 1.165) is 21.3 Å². The van der Waals surface area contributed by atoms with Crippen LogP contribution in [0.3, 0.4) is 0 Å². The number of amides is 2. The molecule has 14 heteroatoms. The Labute approximate surface area is 235 Å². The molecule has 216 valence electrons. The number of nitrogens with zero attached hydrogens (tertiary/aromatic N) is 3. The average Bonchev–Trinajstić information content (AvgIpc) is 3.56. The number of aliphatic carboxylic acids is 1. The first-order valence-electron chi connectivity index (χ1n) is 12.3. The van der Waals surface area contributed by atoms with E-state index >= 15 is 0 Å². The van der Waals surface area contributed by atoms with Crippen molar-refractivity contribution in [3.05, 3.63) is 69.6 Å². The fourth-order valence-corrected chi connectivity index (χ4v) is 5.85. The maximum atomic E-state index is 13.7. The van der Waals surface area contributed by atoms with Gasteiger partial charge in [-0.15, -0.1) is 11.3 Å². The van der Waals surface area contributed by atoms with E-state index in [1.54, 1.807) is 15.7 Å². The number of benzene rings is 1. The van der Waals surface area contributed by atoms with Crippen molar-refractivity contribution in [3.63, 3.8) is 0 Å². The first-order chi connectivity index (χ1) is 19.4. The van der Waals surface area contributed by atoms with Gasteiger partial charge in [0.15, 0.2) is 5.75 Å². The minimum absolute atomic E-state index is 0.0711. The van der Waals surface area contributed by atoms with Gasteiger partial charge in [0.25, 0.3) is 11.5 Å². The highest BCUT2D eigenvalue weighted by atomic mass is 32.1. The number of carbonyl (C=O) groups is 3. The largest absolute Gasteiger partial charge is 0.494 e. The lowest BCUT2D eigenvalue weighted by atomic mass is 10.1. The minimum atomic E-state index is -5.08. The predicted octanol–water partition coefficient (Wildman–Crippen LogP) is 3.65. The van der Waals surface area contributed by atoms with Crippen LogP contribution in [0.2, 0.25) is 0 Å². The van der Waals surface area contributed by atoms with Crippen LogP contribution in [-0.2, 0) is 16.1 Å². The lowest BCUT2D eigenvalue weighted by molar-refractivity contribution is -0.192. The fourth-order valence-electron chi connectivity index (χ4n) is 4.59. The Hall–Kier alpha value is -4.46. The summed E-state index contributed by atoms with van der Waals surface area (Å²) in [5.41, 5.74) is 1.32. The second-order valence-electron chi connectivity index (χ2n) is 9.14. The number of likely N-dealkylation sites (tertiary alicyclic amines) is 1. The molecule has 4 heterocycles. The molecule has 0 radical (unpaired) electrons. The van der Waals surface area contributed by atoms with Gasteiger partial charge < -0.3 is 24.6 Å². The van der Waals surface area contributed by atoms with E-state index in [9.17, 15) is 27.6 Å². The standard InChI is InChI=1S/C25H24N4O4S.C2HF3O2/c1-15(30)27-17-10-12-28(13-17)25(32)23-21(33-2)20-22(34-23)18-8-3-4-9-19(18)29(24(20)31)14-16-7-5-6-11-26-16;3-2(4,5)1(6)7/h3-9,11,17H,10,12-14H2,1-2H3,(H,27,30);(H,6,7). The van der Waals surface area contributed by atoms with Gasteiger partial charge >= 0.3 is 12.1 Å². The number of carbonyl (C=O) groups excluding carboxylic acids is 2. The van der Waals surface area contributed by atoms with Crippen molar-refractivity contribution in [3.8, 4) is 5.75 Å². The number of rotatable bonds is 5. The number of alkyl halides is 3. The molecule has 4 aromatic rings. The zero-order valence-corrected chi connectivity index (χ0v) is 22.7. The van der Waals surface area contributed by atoms with Gasteiger partial charge in [0, 0.05) is 37.6 Å². The fraction of sp³-hybridized carbons (Fsp3) is 0.296. The van der Waals surface area contributed by atoms with Crippen molar-refractivity contribution < 1.29 is 37.4 Å². The number of halogens is 3. The number of hydrogen-bond donors (Lipinski definition) is 2. The molecule has 2 amide bonds. The number of nitrogens with one attached hydrogen (secondary N) is 1. The van der Waals surface area contributed by atoms with Crippen LogP contribution in [0.1, 0.15) is 28.7 Å². The van der Waals surface area contributed by atoms with Gasteiger partial charge in [-0.3, -0.25) is 19.4 Å². The van der Waals surface area contributed by atoms with Crippen molar-refractivity contribution in [2.24, 2.45) is 0 Å². The molecule has 0 aliphatic carbocycles. The van der Waals surface area contributed by atoms with E-state index in [1.807, 2.05) is 42.5 Å². The number of ether oxygens (including phenoxy) is 1. The molecule has 0 saturated carbocycles. The Morgan fingerprint density at radius 1 is 1.17 bits per heavy atom. The summed E-state index contributed by atoms with van der Waals surface area (Å²) in [5.74, 6) is -2.75. The van der Waals surface area contributed by atoms with E-state index in [-0.39, 0.29) is 23.4 Å². The number of hydrogen-bond acceptors (Lipinski definition) is 7. The Balaban J connectivity index is 0.000000493. The normalized spacial score (nSPS) is 15.0. The molecule has 1 unspecified atom stereocenters. The van der Waals surface area contributed by atoms with Gasteiger partial charge in [0.1, 0.15) is 10.3 Å². The average molecular weight is 591 g/mol. The van der Waals surface area contributed by atoms with E-state index in [0.29, 0.717) is 42.1 Å². The maximum absolute atomic E-state index is 13.7. The molecule has 1 aliphatic heterocycles. The first-order valence-corrected chi connectivity index (χ1v) is 13.1. The quantitative estimate of drug-likeness (QED) is 0.363. The molecular weight excluding hydrogens is 565 g/mol. The number of fused-ring (bicyclic) bond motifs is 3. The number of carboxylic acid groups (broad SMARTS) is 1. The van der Waals surface area contributed by atoms with E-state index in [2.05, 4.69) is 10.3 Å². The molecular formula is C27H25F3N4O6S. The van der Waals surface area contributed by atoms with Crippen LogP contribution >= 0.6 is 11.3 Å². The molecule has 1 aromatic carbocycles. The molecule has 1 atom stereocenters. The summed E-state index contributed by atoms with van der Waals surface area (Å²) in [6, 6.07) is 13.2. The van der Waals surface area contributed by atoms with Gasteiger partial charge in [-0.05, 0) is 24.6 Å². The monoisotopic (exact) mass is 590 g/mol. The van der Waals surface area contributed by atoms with E-state index in [1.165, 1.54) is 25.4 Å². The third kappa shape index (κ3) is 6.32. The second-order valence-corrected chi connectivity index (χ2v) is 10.2. The molecule has 0 spiro atoms. The molecule has 1 saturated heterocycles. The van der Waals surface area contributed by atoms with Crippen LogP contribution in [0.25, 0.3) is 21.0 Å². The van der Waals surface area contributed by atoms with Crippen LogP contribution in [0.15, 0.2) is 53.5 Å². The van der Waals surface area contributed by atoms with Crippen LogP contribution in [0, 0.1) is 0 Å². The summed E-state index contributed by atoms with van der Waals surface area (Å²) in [6.07, 6.45) is -2.69. The zero-order chi connectivity index (χ0) is 29.9. The number of methoxy groups -OCH3 is 1. The van der Waals surface area contributed by atoms with Gasteiger partial charge in [0.2, 0.25) is 5.91 Å². The van der Waals surface area contributed by atoms with Gasteiger partial charge in [-0.2, -0.15) is 13.2 Å². The lowest BCUT2D eigenvalue weighted by Gasteiger charge is -2.16. The maximum Gasteiger partial charge on any atom is 0.490 e. The Bertz CT molecular complexity index is 1670. The number of thiophene rings is 1. The van der Waals surface area contributed by atoms with E-state index in [4.69, 9.17) is 14.6 Å². The Morgan fingerprint density at radius 2 is 1.85 bits per heavy atom. The highest BCUT2D eigenvalue weighted by molar-refractivity contribution is 7.22. The summed E-state index contributed by atoms with van der Waals surface area (Å²) in [4.78, 5) is 54.0. The highest BCUT2D eigenvalue weighted by Crippen LogP contribution is 2.40. The molecule has 3 aromatic heterocycles. The summed E-state index contributed by atoms with van der Waals surface area (Å²) < 4.78 is 39.8. The van der Waals surface area contributed by atoms with Crippen LogP contribution in [0.4, 0.5) is 13.2 Å². The number of pyridine rings is 2. The Kier molecular flexibility index (Phi) is 8.61. The number of para-hydroxylation sites is 1. The molecule has 1 fully saturated rings. The third-order valence-electron chi connectivity index (χ3n) is 6.33. The molecule has 2 N–H and O–H groups in total. The molecule has 5 rings (SSSR count). The Morgan fingerprint density at radius 3 is 2.46 bits per heavy atom. The predicted molar refractivity (Wildman–Crippen MR) is 145 cm³/mol. The molecule has 41 heavy (non-hydrogen) atoms. The van der Waals surface area contributed by atoms with Crippen molar-refractivity contribution in [2.75, 3.05) is 20.2 Å². The first kappa shape index (κ1) is 29.5. The molecule has 1 aliphatic rings. The van der Waals surface area contributed by atoms with Crippen molar-refractivity contribution in [1.29, 1.82) is 0 Å². The van der Waals surface area contributed by atoms with Crippen LogP contribution < -0.4 is 15.6 Å². The van der Waals surface area contributed by atoms with Crippen molar-refractivity contribution in [2.45, 2.75) is 32.1 Å². The SMILES string of the molecule is COc1c(C(=O)N2CCC(NC(C)=O)C2)sc2c1c(=O)n(Cc1ccccn1)c1ccccc21.O=C(O)C(F)(F)F. The van der Waals surface area contributed by atoms with E-state index < -0.39 is 12.1 Å². The van der Waals surface area contributed by atoms with Crippen LogP contribution in [0.5, 0.6) is 5.75 Å². The van der Waals surface area contributed by atoms with Crippen molar-refractivity contribution in [1.82, 2.24) is 19.8 Å². The molecule has 0 bridgehead atoms. The molecule has 10 nitrogen and oxygen atoms in total. The van der Waals surface area contributed by atoms with Crippen molar-refractivity contribution >= 4 is 50.1 Å². The van der Waals surface area contributed by atoms with Gasteiger partial charge in [-0.25, -0.2) is 4.79 Å². The van der Waals surface area contributed by atoms with Gasteiger partial charge in [0.05, 0.1) is 29.6 Å². The summed E-state index contributed by atoms with van der Waals surface area (Å²) >= 11 is 1.28. The second kappa shape index (κ2) is 12.0. The smallest absolute Gasteiger partial charge is 0.490 e. The summed E-state index contributed by atoms with van der Waals surface area (Å²) in [5, 5.41) is 11.3. The topological polar surface area (TPSA) is 131 Å². The highest BCUT2D eigenvalue weighted by Gasteiger charge is 2.38. The minimum Gasteiger partial charge on any atom is -0.494 e. The lowest BCUT2D eigenvalue weighted by Crippen LogP contribution is -2.37. The third-order valence-corrected chi connectivity index (χ3v) is 7.53. The van der Waals surface area contributed by atoms with Crippen LogP contribution in [-0.4, -0.2) is 69.8 Å². The number of carboxylic acids is 1. The summed E-state index contributed by atoms with van der Waals surface area (Å²) in [6.45, 7) is 2.75. The summed E-state index contributed by atoms with van der Waals surface area (Å²) in [7, 11) is 1.49. The zero-order valence-electron chi connectivity index (χ0n) is 21.9. The number of aromatic nitrogens is 2.